The largest absolute Gasteiger partial charge is 0.309 e. The molecule has 1 N–H and O–H groups in total. The maximum atomic E-state index is 13.6. The molecule has 1 nitrogen and oxygen atoms in total. The molecule has 1 aliphatic rings. The molecule has 2 aromatic rings. The molecule has 3 rings (SSSR count). The van der Waals surface area contributed by atoms with Gasteiger partial charge in [0.1, 0.15) is 11.6 Å². The highest BCUT2D eigenvalue weighted by Gasteiger charge is 2.17. The van der Waals surface area contributed by atoms with Crippen LogP contribution in [0, 0.1) is 11.6 Å². The Balaban J connectivity index is 1.63. The maximum absolute atomic E-state index is 13.6. The summed E-state index contributed by atoms with van der Waals surface area (Å²) in [5, 5.41) is 3.38. The summed E-state index contributed by atoms with van der Waals surface area (Å²) in [4.78, 5) is 0. The summed E-state index contributed by atoms with van der Waals surface area (Å²) in [5.41, 5.74) is 3.31. The highest BCUT2D eigenvalue weighted by atomic mass is 19.1. The monoisotopic (exact) mass is 273 g/mol. The summed E-state index contributed by atoms with van der Waals surface area (Å²) < 4.78 is 26.4. The van der Waals surface area contributed by atoms with Gasteiger partial charge in [-0.1, -0.05) is 30.3 Å². The van der Waals surface area contributed by atoms with Gasteiger partial charge in [0.25, 0.3) is 0 Å². The minimum atomic E-state index is -0.530. The van der Waals surface area contributed by atoms with Gasteiger partial charge < -0.3 is 5.32 Å². The van der Waals surface area contributed by atoms with Crippen molar-refractivity contribution in [3.8, 4) is 0 Å². The van der Waals surface area contributed by atoms with Crippen LogP contribution in [0.5, 0.6) is 0 Å². The number of fused-ring (bicyclic) bond motifs is 1. The van der Waals surface area contributed by atoms with Crippen LogP contribution < -0.4 is 5.32 Å². The van der Waals surface area contributed by atoms with E-state index in [-0.39, 0.29) is 0 Å². The van der Waals surface area contributed by atoms with E-state index in [0.29, 0.717) is 18.2 Å². The molecule has 20 heavy (non-hydrogen) atoms. The molecule has 0 amide bonds. The Kier molecular flexibility index (Phi) is 3.79. The summed E-state index contributed by atoms with van der Waals surface area (Å²) in [6, 6.07) is 12.6. The van der Waals surface area contributed by atoms with Crippen LogP contribution in [0.4, 0.5) is 8.78 Å². The van der Waals surface area contributed by atoms with Crippen LogP contribution in [0.25, 0.3) is 0 Å². The number of hydrogen-bond acceptors (Lipinski definition) is 1. The van der Waals surface area contributed by atoms with Crippen LogP contribution in [-0.4, -0.2) is 6.04 Å². The third-order valence-electron chi connectivity index (χ3n) is 3.94. The molecule has 1 aliphatic carbocycles. The van der Waals surface area contributed by atoms with Gasteiger partial charge in [0, 0.05) is 24.2 Å². The zero-order valence-corrected chi connectivity index (χ0v) is 11.2. The van der Waals surface area contributed by atoms with Crippen molar-refractivity contribution in [1.82, 2.24) is 5.32 Å². The summed E-state index contributed by atoms with van der Waals surface area (Å²) in [6.07, 6.45) is 3.08. The fourth-order valence-electron chi connectivity index (χ4n) is 2.79. The Morgan fingerprint density at radius 3 is 2.65 bits per heavy atom. The molecule has 104 valence electrons. The summed E-state index contributed by atoms with van der Waals surface area (Å²) >= 11 is 0. The predicted octanol–water partition coefficient (Wildman–Crippen LogP) is 3.61. The first kappa shape index (κ1) is 13.3. The molecule has 1 unspecified atom stereocenters. The lowest BCUT2D eigenvalue weighted by Gasteiger charge is -2.25. The zero-order chi connectivity index (χ0) is 13.9. The van der Waals surface area contributed by atoms with Crippen LogP contribution >= 0.6 is 0 Å². The normalized spacial score (nSPS) is 17.8. The molecule has 2 aromatic carbocycles. The quantitative estimate of drug-likeness (QED) is 0.900. The van der Waals surface area contributed by atoms with E-state index in [1.54, 1.807) is 0 Å². The Labute approximate surface area is 117 Å². The van der Waals surface area contributed by atoms with Gasteiger partial charge in [-0.2, -0.15) is 0 Å². The lowest BCUT2D eigenvalue weighted by Crippen LogP contribution is -2.34. The third-order valence-corrected chi connectivity index (χ3v) is 3.94. The van der Waals surface area contributed by atoms with E-state index in [1.165, 1.54) is 23.3 Å². The highest BCUT2D eigenvalue weighted by Crippen LogP contribution is 2.21. The molecule has 1 atom stereocenters. The first-order valence-corrected chi connectivity index (χ1v) is 6.96. The van der Waals surface area contributed by atoms with Crippen LogP contribution in [0.15, 0.2) is 42.5 Å². The smallest absolute Gasteiger partial charge is 0.130 e. The number of halogens is 2. The molecule has 0 radical (unpaired) electrons. The summed E-state index contributed by atoms with van der Waals surface area (Å²) in [6.45, 7) is 0.443. The van der Waals surface area contributed by atoms with Crippen molar-refractivity contribution in [3.63, 3.8) is 0 Å². The summed E-state index contributed by atoms with van der Waals surface area (Å²) in [5.74, 6) is -1.01. The fourth-order valence-corrected chi connectivity index (χ4v) is 2.79. The van der Waals surface area contributed by atoms with E-state index in [1.807, 2.05) is 0 Å². The molecule has 0 heterocycles. The molecule has 0 aliphatic heterocycles. The molecule has 0 saturated heterocycles. The Morgan fingerprint density at radius 1 is 1.05 bits per heavy atom. The molecule has 3 heteroatoms. The second-order valence-corrected chi connectivity index (χ2v) is 5.33. The number of nitrogens with one attached hydrogen (secondary N) is 1. The van der Waals surface area contributed by atoms with E-state index in [2.05, 4.69) is 29.6 Å². The van der Waals surface area contributed by atoms with Crippen molar-refractivity contribution >= 4 is 0 Å². The SMILES string of the molecule is Fc1ccc(CNC2CCc3ccccc3C2)c(F)c1. The minimum absolute atomic E-state index is 0.356. The lowest BCUT2D eigenvalue weighted by molar-refractivity contribution is 0.450. The Morgan fingerprint density at radius 2 is 1.85 bits per heavy atom. The lowest BCUT2D eigenvalue weighted by atomic mass is 9.88. The first-order valence-electron chi connectivity index (χ1n) is 6.96. The van der Waals surface area contributed by atoms with Gasteiger partial charge >= 0.3 is 0 Å². The van der Waals surface area contributed by atoms with Gasteiger partial charge in [-0.3, -0.25) is 0 Å². The van der Waals surface area contributed by atoms with Crippen molar-refractivity contribution in [2.24, 2.45) is 0 Å². The van der Waals surface area contributed by atoms with Crippen LogP contribution in [-0.2, 0) is 19.4 Å². The van der Waals surface area contributed by atoms with Crippen LogP contribution in [0.2, 0.25) is 0 Å². The Bertz CT molecular complexity index is 610. The van der Waals surface area contributed by atoms with E-state index in [0.717, 1.165) is 25.3 Å². The number of aryl methyl sites for hydroxylation is 1. The first-order chi connectivity index (χ1) is 9.72. The van der Waals surface area contributed by atoms with Gasteiger partial charge in [-0.05, 0) is 36.5 Å². The number of benzene rings is 2. The van der Waals surface area contributed by atoms with Crippen molar-refractivity contribution in [3.05, 3.63) is 70.8 Å². The highest BCUT2D eigenvalue weighted by molar-refractivity contribution is 5.30. The number of hydrogen-bond donors (Lipinski definition) is 1. The number of rotatable bonds is 3. The van der Waals surface area contributed by atoms with Crippen LogP contribution in [0.3, 0.4) is 0 Å². The second-order valence-electron chi connectivity index (χ2n) is 5.33. The minimum Gasteiger partial charge on any atom is -0.309 e. The molecule has 0 bridgehead atoms. The van der Waals surface area contributed by atoms with Gasteiger partial charge in [-0.25, -0.2) is 8.78 Å². The maximum Gasteiger partial charge on any atom is 0.130 e. The van der Waals surface area contributed by atoms with E-state index < -0.39 is 11.6 Å². The molecular formula is C17H17F2N. The standard InChI is InChI=1S/C17H17F2N/c18-15-7-5-14(17(19)10-15)11-20-16-8-6-12-3-1-2-4-13(12)9-16/h1-5,7,10,16,20H,6,8-9,11H2. The molecule has 0 fully saturated rings. The zero-order valence-electron chi connectivity index (χ0n) is 11.2. The summed E-state index contributed by atoms with van der Waals surface area (Å²) in [7, 11) is 0. The van der Waals surface area contributed by atoms with Crippen molar-refractivity contribution in [2.45, 2.75) is 31.8 Å². The fraction of sp³-hybridized carbons (Fsp3) is 0.294. The predicted molar refractivity (Wildman–Crippen MR) is 75.5 cm³/mol. The molecule has 0 aromatic heterocycles. The van der Waals surface area contributed by atoms with Crippen molar-refractivity contribution in [1.29, 1.82) is 0 Å². The van der Waals surface area contributed by atoms with Gasteiger partial charge in [0.05, 0.1) is 0 Å². The second kappa shape index (κ2) is 5.71. The topological polar surface area (TPSA) is 12.0 Å². The Hall–Kier alpha value is -1.74. The van der Waals surface area contributed by atoms with Crippen molar-refractivity contribution in [2.75, 3.05) is 0 Å². The van der Waals surface area contributed by atoms with Gasteiger partial charge in [-0.15, -0.1) is 0 Å². The average Bonchev–Trinajstić information content (AvgIpc) is 2.46. The molecule has 0 saturated carbocycles. The van der Waals surface area contributed by atoms with Crippen LogP contribution in [0.1, 0.15) is 23.1 Å². The van der Waals surface area contributed by atoms with Gasteiger partial charge in [0.2, 0.25) is 0 Å². The third kappa shape index (κ3) is 2.88. The average molecular weight is 273 g/mol. The van der Waals surface area contributed by atoms with E-state index >= 15 is 0 Å². The van der Waals surface area contributed by atoms with E-state index in [9.17, 15) is 8.78 Å². The molecule has 0 spiro atoms. The van der Waals surface area contributed by atoms with E-state index in [4.69, 9.17) is 0 Å². The van der Waals surface area contributed by atoms with Gasteiger partial charge in [0.15, 0.2) is 0 Å². The van der Waals surface area contributed by atoms with Crippen molar-refractivity contribution < 1.29 is 8.78 Å². The molecular weight excluding hydrogens is 256 g/mol.